The number of benzene rings is 6. The number of rotatable bonds is 10. The third-order valence-corrected chi connectivity index (χ3v) is 16.9. The van der Waals surface area contributed by atoms with Crippen LogP contribution in [-0.2, 0) is 4.74 Å². The van der Waals surface area contributed by atoms with Crippen molar-refractivity contribution in [2.24, 2.45) is 0 Å². The Morgan fingerprint density at radius 1 is 0.279 bits per heavy atom. The molecule has 0 unspecified atom stereocenters. The average molecular weight is 587 g/mol. The molecule has 0 amide bonds. The summed E-state index contributed by atoms with van der Waals surface area (Å²) in [6, 6.07) is 65.2. The van der Waals surface area contributed by atoms with Gasteiger partial charge < -0.3 is 4.74 Å². The molecular weight excluding hydrogens is 553 g/mol. The maximum absolute atomic E-state index is 6.38. The van der Waals surface area contributed by atoms with Crippen LogP contribution in [0.1, 0.15) is 0 Å². The Balaban J connectivity index is 1.45. The summed E-state index contributed by atoms with van der Waals surface area (Å²) in [6.45, 7) is 0. The van der Waals surface area contributed by atoms with Crippen molar-refractivity contribution in [1.29, 1.82) is 0 Å². The molecule has 3 heteroatoms. The third kappa shape index (κ3) is 5.73. The molecule has 6 aromatic carbocycles. The molecule has 0 aliphatic heterocycles. The van der Waals surface area contributed by atoms with Gasteiger partial charge in [0.05, 0.1) is 12.5 Å². The zero-order chi connectivity index (χ0) is 29.2. The third-order valence-electron chi connectivity index (χ3n) is 8.17. The van der Waals surface area contributed by atoms with Crippen molar-refractivity contribution in [3.05, 3.63) is 206 Å². The lowest BCUT2D eigenvalue weighted by Crippen LogP contribution is -2.66. The number of hydrogen-bond acceptors (Lipinski definition) is 1. The van der Waals surface area contributed by atoms with Crippen LogP contribution in [0.25, 0.3) is 0 Å². The van der Waals surface area contributed by atoms with Gasteiger partial charge in [0.1, 0.15) is 0 Å². The Morgan fingerprint density at radius 3 is 0.651 bits per heavy atom. The van der Waals surface area contributed by atoms with E-state index >= 15 is 0 Å². The first-order chi connectivity index (χ1) is 21.3. The van der Waals surface area contributed by atoms with Crippen molar-refractivity contribution in [2.45, 2.75) is 0 Å². The highest BCUT2D eigenvalue weighted by atomic mass is 28.3. The summed E-state index contributed by atoms with van der Waals surface area (Å²) in [4.78, 5) is 0. The van der Waals surface area contributed by atoms with Gasteiger partial charge in [0, 0.05) is 0 Å². The molecular formula is C40H34OSi2. The van der Waals surface area contributed by atoms with E-state index in [0.717, 1.165) is 0 Å². The van der Waals surface area contributed by atoms with Crippen molar-refractivity contribution in [2.75, 3.05) is 0 Å². The first-order valence-corrected chi connectivity index (χ1v) is 18.8. The fraction of sp³-hybridized carbons (Fsp3) is 0. The molecule has 0 saturated carbocycles. The van der Waals surface area contributed by atoms with Gasteiger partial charge in [0.2, 0.25) is 0 Å². The summed E-state index contributed by atoms with van der Waals surface area (Å²) in [6.07, 6.45) is 3.83. The van der Waals surface area contributed by atoms with Crippen LogP contribution in [0.2, 0.25) is 0 Å². The van der Waals surface area contributed by atoms with Gasteiger partial charge >= 0.3 is 0 Å². The molecule has 43 heavy (non-hydrogen) atoms. The van der Waals surface area contributed by atoms with E-state index in [0.29, 0.717) is 0 Å². The van der Waals surface area contributed by atoms with Crippen LogP contribution in [0.15, 0.2) is 206 Å². The normalized spacial score (nSPS) is 12.0. The number of hydrogen-bond donors (Lipinski definition) is 0. The molecule has 0 aliphatic carbocycles. The first kappa shape index (κ1) is 28.2. The smallest absolute Gasteiger partial charge is 0.175 e. The summed E-state index contributed by atoms with van der Waals surface area (Å²) in [5.41, 5.74) is 4.66. The molecule has 0 heterocycles. The Kier molecular flexibility index (Phi) is 8.74. The van der Waals surface area contributed by atoms with Crippen molar-refractivity contribution < 1.29 is 4.74 Å². The zero-order valence-corrected chi connectivity index (χ0v) is 26.0. The minimum atomic E-state index is -2.54. The molecule has 0 saturated heterocycles. The van der Waals surface area contributed by atoms with Crippen LogP contribution in [0.5, 0.6) is 0 Å². The molecule has 0 N–H and O–H groups in total. The van der Waals surface area contributed by atoms with E-state index in [1.54, 1.807) is 0 Å². The minimum Gasteiger partial charge on any atom is -0.474 e. The van der Waals surface area contributed by atoms with Crippen molar-refractivity contribution in [3.63, 3.8) is 0 Å². The molecule has 6 rings (SSSR count). The maximum Gasteiger partial charge on any atom is 0.175 e. The van der Waals surface area contributed by atoms with Gasteiger partial charge in [-0.05, 0) is 42.5 Å². The van der Waals surface area contributed by atoms with E-state index in [9.17, 15) is 0 Å². The van der Waals surface area contributed by atoms with E-state index in [1.807, 2.05) is 12.5 Å². The first-order valence-electron chi connectivity index (χ1n) is 14.7. The van der Waals surface area contributed by atoms with Crippen LogP contribution < -0.4 is 31.1 Å². The van der Waals surface area contributed by atoms with Gasteiger partial charge in [-0.25, -0.2) is 0 Å². The maximum atomic E-state index is 6.38. The Bertz CT molecular complexity index is 1430. The molecule has 0 bridgehead atoms. The Hall–Kier alpha value is -4.97. The van der Waals surface area contributed by atoms with Crippen molar-refractivity contribution >= 4 is 47.3 Å². The molecule has 0 aromatic heterocycles. The summed E-state index contributed by atoms with van der Waals surface area (Å²) < 4.78 is 6.38. The predicted octanol–water partition coefficient (Wildman–Crippen LogP) is 5.45. The molecule has 0 fully saturated rings. The topological polar surface area (TPSA) is 9.23 Å². The Morgan fingerprint density at radius 2 is 0.465 bits per heavy atom. The largest absolute Gasteiger partial charge is 0.474 e. The van der Waals surface area contributed by atoms with E-state index in [2.05, 4.69) is 193 Å². The SMILES string of the molecule is C(=C[Si](c1ccccc1)(c1ccccc1)c1ccccc1)OC=C[Si](c1ccccc1)(c1ccccc1)c1ccccc1. The molecule has 0 atom stereocenters. The molecule has 1 nitrogen and oxygen atoms in total. The van der Waals surface area contributed by atoms with Crippen molar-refractivity contribution in [1.82, 2.24) is 0 Å². The zero-order valence-electron chi connectivity index (χ0n) is 24.0. The molecule has 0 aliphatic rings. The molecule has 0 spiro atoms. The van der Waals surface area contributed by atoms with Gasteiger partial charge in [-0.2, -0.15) is 0 Å². The highest BCUT2D eigenvalue weighted by molar-refractivity contribution is 7.15. The van der Waals surface area contributed by atoms with E-state index in [1.165, 1.54) is 31.1 Å². The quantitative estimate of drug-likeness (QED) is 0.118. The fourth-order valence-corrected chi connectivity index (χ4v) is 14.1. The Labute approximate surface area is 257 Å². The second kappa shape index (κ2) is 13.3. The van der Waals surface area contributed by atoms with Crippen LogP contribution in [0.3, 0.4) is 0 Å². The van der Waals surface area contributed by atoms with Crippen LogP contribution in [0, 0.1) is 0 Å². The van der Waals surface area contributed by atoms with Gasteiger partial charge in [-0.3, -0.25) is 0 Å². The van der Waals surface area contributed by atoms with Crippen LogP contribution >= 0.6 is 0 Å². The summed E-state index contributed by atoms with van der Waals surface area (Å²) >= 11 is 0. The van der Waals surface area contributed by atoms with E-state index in [-0.39, 0.29) is 0 Å². The molecule has 0 radical (unpaired) electrons. The van der Waals surface area contributed by atoms with E-state index in [4.69, 9.17) is 4.74 Å². The summed E-state index contributed by atoms with van der Waals surface area (Å²) in [5, 5.41) is 7.90. The van der Waals surface area contributed by atoms with Gasteiger partial charge in [0.25, 0.3) is 0 Å². The highest BCUT2D eigenvalue weighted by Gasteiger charge is 2.38. The van der Waals surface area contributed by atoms with Gasteiger partial charge in [0.15, 0.2) is 16.1 Å². The average Bonchev–Trinajstić information content (AvgIpc) is 3.11. The van der Waals surface area contributed by atoms with Gasteiger partial charge in [-0.1, -0.05) is 182 Å². The summed E-state index contributed by atoms with van der Waals surface area (Å²) in [5.74, 6) is 0. The molecule has 6 aromatic rings. The lowest BCUT2D eigenvalue weighted by Gasteiger charge is -2.31. The molecule has 208 valence electrons. The minimum absolute atomic E-state index is 1.32. The second-order valence-electron chi connectivity index (χ2n) is 10.6. The lowest BCUT2D eigenvalue weighted by atomic mass is 10.3. The van der Waals surface area contributed by atoms with Crippen LogP contribution in [0.4, 0.5) is 0 Å². The highest BCUT2D eigenvalue weighted by Crippen LogP contribution is 2.12. The lowest BCUT2D eigenvalue weighted by molar-refractivity contribution is 0.404. The van der Waals surface area contributed by atoms with E-state index < -0.39 is 16.1 Å². The monoisotopic (exact) mass is 586 g/mol. The second-order valence-corrected chi connectivity index (χ2v) is 17.9. The van der Waals surface area contributed by atoms with Crippen LogP contribution in [-0.4, -0.2) is 16.1 Å². The fourth-order valence-electron chi connectivity index (χ4n) is 6.11. The predicted molar refractivity (Wildman–Crippen MR) is 187 cm³/mol. The summed E-state index contributed by atoms with van der Waals surface area (Å²) in [7, 11) is -5.08. The van der Waals surface area contributed by atoms with Crippen molar-refractivity contribution in [3.8, 4) is 0 Å². The standard InChI is InChI=1S/C40H34OSi2/c1-7-19-35(20-8-1)42(36-21-9-2-10-22-36,37-23-11-3-12-24-37)33-31-41-32-34-43(38-25-13-4-14-26-38,39-27-15-5-16-28-39)40-29-17-6-18-30-40/h1-34H. The van der Waals surface area contributed by atoms with Gasteiger partial charge in [-0.15, -0.1) is 0 Å². The number of ether oxygens (including phenoxy) is 1.